The summed E-state index contributed by atoms with van der Waals surface area (Å²) in [6, 6.07) is 5.50. The Labute approximate surface area is 112 Å². The molecule has 0 aromatic carbocycles. The topological polar surface area (TPSA) is 88.8 Å². The van der Waals surface area contributed by atoms with Crippen LogP contribution in [0.15, 0.2) is 24.4 Å². The SMILES string of the molecule is CC(C)(C)Oc1nc(NCc2ccn[nH]2)ccc1N. The van der Waals surface area contributed by atoms with E-state index in [0.29, 0.717) is 23.9 Å². The van der Waals surface area contributed by atoms with Crippen molar-refractivity contribution in [1.82, 2.24) is 15.2 Å². The average Bonchev–Trinajstić information content (AvgIpc) is 2.81. The van der Waals surface area contributed by atoms with Crippen LogP contribution in [0.3, 0.4) is 0 Å². The van der Waals surface area contributed by atoms with Gasteiger partial charge in [-0.25, -0.2) is 0 Å². The van der Waals surface area contributed by atoms with Gasteiger partial charge in [-0.15, -0.1) is 0 Å². The zero-order valence-electron chi connectivity index (χ0n) is 11.4. The van der Waals surface area contributed by atoms with Gasteiger partial charge in [0.15, 0.2) is 0 Å². The maximum atomic E-state index is 5.86. The van der Waals surface area contributed by atoms with Crippen molar-refractivity contribution in [3.63, 3.8) is 0 Å². The molecule has 0 radical (unpaired) electrons. The molecule has 0 aliphatic heterocycles. The van der Waals surface area contributed by atoms with Gasteiger partial charge in [-0.2, -0.15) is 10.1 Å². The number of hydrogen-bond donors (Lipinski definition) is 3. The van der Waals surface area contributed by atoms with Crippen LogP contribution in [-0.4, -0.2) is 20.8 Å². The van der Waals surface area contributed by atoms with Crippen molar-refractivity contribution >= 4 is 11.5 Å². The third-order valence-electron chi connectivity index (χ3n) is 2.31. The van der Waals surface area contributed by atoms with E-state index in [1.54, 1.807) is 12.3 Å². The fraction of sp³-hybridized carbons (Fsp3) is 0.385. The van der Waals surface area contributed by atoms with Gasteiger partial charge >= 0.3 is 0 Å². The van der Waals surface area contributed by atoms with Crippen LogP contribution in [0, 0.1) is 0 Å². The second-order valence-corrected chi connectivity index (χ2v) is 5.24. The van der Waals surface area contributed by atoms with Gasteiger partial charge in [0.1, 0.15) is 11.4 Å². The average molecular weight is 261 g/mol. The highest BCUT2D eigenvalue weighted by Gasteiger charge is 2.15. The molecule has 0 saturated heterocycles. The molecule has 0 unspecified atom stereocenters. The van der Waals surface area contributed by atoms with Gasteiger partial charge in [0.2, 0.25) is 5.88 Å². The van der Waals surface area contributed by atoms with Gasteiger partial charge in [-0.1, -0.05) is 0 Å². The van der Waals surface area contributed by atoms with Crippen molar-refractivity contribution in [2.75, 3.05) is 11.1 Å². The van der Waals surface area contributed by atoms with Crippen molar-refractivity contribution in [1.29, 1.82) is 0 Å². The van der Waals surface area contributed by atoms with Crippen LogP contribution >= 0.6 is 0 Å². The van der Waals surface area contributed by atoms with Gasteiger partial charge in [-0.3, -0.25) is 5.10 Å². The normalized spacial score (nSPS) is 11.3. The number of pyridine rings is 1. The van der Waals surface area contributed by atoms with Crippen LogP contribution in [0.2, 0.25) is 0 Å². The smallest absolute Gasteiger partial charge is 0.239 e. The van der Waals surface area contributed by atoms with E-state index >= 15 is 0 Å². The first-order valence-electron chi connectivity index (χ1n) is 6.12. The van der Waals surface area contributed by atoms with E-state index in [9.17, 15) is 0 Å². The number of anilines is 2. The molecule has 0 amide bonds. The number of aromatic amines is 1. The van der Waals surface area contributed by atoms with E-state index in [1.807, 2.05) is 32.9 Å². The summed E-state index contributed by atoms with van der Waals surface area (Å²) in [5, 5.41) is 9.94. The van der Waals surface area contributed by atoms with Gasteiger partial charge < -0.3 is 15.8 Å². The summed E-state index contributed by atoms with van der Waals surface area (Å²) in [6.45, 7) is 6.49. The van der Waals surface area contributed by atoms with Gasteiger partial charge in [0.05, 0.1) is 17.9 Å². The molecule has 6 heteroatoms. The molecule has 2 heterocycles. The molecular formula is C13H19N5O. The second kappa shape index (κ2) is 5.17. The van der Waals surface area contributed by atoms with Crippen molar-refractivity contribution < 1.29 is 4.74 Å². The lowest BCUT2D eigenvalue weighted by atomic mass is 10.2. The highest BCUT2D eigenvalue weighted by Crippen LogP contribution is 2.24. The molecule has 102 valence electrons. The van der Waals surface area contributed by atoms with E-state index in [4.69, 9.17) is 10.5 Å². The summed E-state index contributed by atoms with van der Waals surface area (Å²) in [4.78, 5) is 4.36. The molecule has 2 aromatic heterocycles. The molecule has 6 nitrogen and oxygen atoms in total. The summed E-state index contributed by atoms with van der Waals surface area (Å²) in [5.74, 6) is 1.16. The summed E-state index contributed by atoms with van der Waals surface area (Å²) >= 11 is 0. The molecule has 4 N–H and O–H groups in total. The number of rotatable bonds is 4. The molecule has 2 aromatic rings. The summed E-state index contributed by atoms with van der Waals surface area (Å²) in [5.41, 5.74) is 7.04. The van der Waals surface area contributed by atoms with Crippen LogP contribution in [0.1, 0.15) is 26.5 Å². The Balaban J connectivity index is 2.07. The highest BCUT2D eigenvalue weighted by atomic mass is 16.5. The Morgan fingerprint density at radius 2 is 2.11 bits per heavy atom. The Morgan fingerprint density at radius 3 is 2.74 bits per heavy atom. The lowest BCUT2D eigenvalue weighted by Gasteiger charge is -2.21. The first kappa shape index (κ1) is 13.2. The predicted molar refractivity (Wildman–Crippen MR) is 74.9 cm³/mol. The third kappa shape index (κ3) is 3.87. The Bertz CT molecular complexity index is 530. The molecule has 2 rings (SSSR count). The summed E-state index contributed by atoms with van der Waals surface area (Å²) in [6.07, 6.45) is 1.71. The van der Waals surface area contributed by atoms with Crippen LogP contribution in [0.4, 0.5) is 11.5 Å². The standard InChI is InChI=1S/C13H19N5O/c1-13(2,3)19-12-10(14)4-5-11(17-12)15-8-9-6-7-16-18-9/h4-7H,8,14H2,1-3H3,(H,15,17)(H,16,18). The maximum Gasteiger partial charge on any atom is 0.239 e. The number of ether oxygens (including phenoxy) is 1. The lowest BCUT2D eigenvalue weighted by Crippen LogP contribution is -2.24. The quantitative estimate of drug-likeness (QED) is 0.785. The lowest BCUT2D eigenvalue weighted by molar-refractivity contribution is 0.125. The van der Waals surface area contributed by atoms with Gasteiger partial charge in [-0.05, 0) is 39.0 Å². The minimum absolute atomic E-state index is 0.330. The number of hydrogen-bond acceptors (Lipinski definition) is 5. The van der Waals surface area contributed by atoms with Crippen LogP contribution < -0.4 is 15.8 Å². The van der Waals surface area contributed by atoms with E-state index < -0.39 is 0 Å². The molecule has 0 saturated carbocycles. The van der Waals surface area contributed by atoms with Crippen LogP contribution in [0.5, 0.6) is 5.88 Å². The zero-order valence-corrected chi connectivity index (χ0v) is 11.4. The maximum absolute atomic E-state index is 5.86. The van der Waals surface area contributed by atoms with Crippen molar-refractivity contribution in [3.05, 3.63) is 30.1 Å². The minimum Gasteiger partial charge on any atom is -0.470 e. The highest BCUT2D eigenvalue weighted by molar-refractivity contribution is 5.53. The number of nitrogens with two attached hydrogens (primary N) is 1. The number of nitrogens with zero attached hydrogens (tertiary/aromatic N) is 2. The number of nitrogen functional groups attached to an aromatic ring is 1. The molecule has 0 fully saturated rings. The van der Waals surface area contributed by atoms with E-state index in [1.165, 1.54) is 0 Å². The first-order chi connectivity index (χ1) is 8.94. The molecular weight excluding hydrogens is 242 g/mol. The number of aromatic nitrogens is 3. The van der Waals surface area contributed by atoms with Crippen molar-refractivity contribution in [3.8, 4) is 5.88 Å². The third-order valence-corrected chi connectivity index (χ3v) is 2.31. The Morgan fingerprint density at radius 1 is 1.32 bits per heavy atom. The monoisotopic (exact) mass is 261 g/mol. The zero-order chi connectivity index (χ0) is 13.9. The fourth-order valence-corrected chi connectivity index (χ4v) is 1.49. The van der Waals surface area contributed by atoms with Crippen LogP contribution in [-0.2, 0) is 6.54 Å². The largest absolute Gasteiger partial charge is 0.470 e. The van der Waals surface area contributed by atoms with Crippen molar-refractivity contribution in [2.24, 2.45) is 0 Å². The molecule has 0 atom stereocenters. The van der Waals surface area contributed by atoms with E-state index in [0.717, 1.165) is 5.69 Å². The Kier molecular flexibility index (Phi) is 3.59. The van der Waals surface area contributed by atoms with Crippen molar-refractivity contribution in [2.45, 2.75) is 32.9 Å². The van der Waals surface area contributed by atoms with Crippen LogP contribution in [0.25, 0.3) is 0 Å². The summed E-state index contributed by atoms with van der Waals surface area (Å²) < 4.78 is 5.71. The first-order valence-corrected chi connectivity index (χ1v) is 6.12. The molecule has 0 bridgehead atoms. The molecule has 0 aliphatic carbocycles. The second-order valence-electron chi connectivity index (χ2n) is 5.24. The minimum atomic E-state index is -0.330. The number of nitrogens with one attached hydrogen (secondary N) is 2. The van der Waals surface area contributed by atoms with E-state index in [2.05, 4.69) is 20.5 Å². The van der Waals surface area contributed by atoms with Gasteiger partial charge in [0, 0.05) is 6.20 Å². The number of H-pyrrole nitrogens is 1. The molecule has 19 heavy (non-hydrogen) atoms. The van der Waals surface area contributed by atoms with Gasteiger partial charge in [0.25, 0.3) is 0 Å². The predicted octanol–water partition coefficient (Wildman–Crippen LogP) is 2.18. The molecule has 0 aliphatic rings. The summed E-state index contributed by atoms with van der Waals surface area (Å²) in [7, 11) is 0. The Hall–Kier alpha value is -2.24. The molecule has 0 spiro atoms. The fourth-order valence-electron chi connectivity index (χ4n) is 1.49. The van der Waals surface area contributed by atoms with E-state index in [-0.39, 0.29) is 5.60 Å².